The quantitative estimate of drug-likeness (QED) is 0.866. The van der Waals surface area contributed by atoms with E-state index in [4.69, 9.17) is 0 Å². The van der Waals surface area contributed by atoms with E-state index in [-0.39, 0.29) is 16.7 Å². The molecule has 0 radical (unpaired) electrons. The van der Waals surface area contributed by atoms with Crippen LogP contribution in [0.1, 0.15) is 45.1 Å². The summed E-state index contributed by atoms with van der Waals surface area (Å²) in [5.74, 6) is 1.04. The fourth-order valence-corrected chi connectivity index (χ4v) is 2.86. The van der Waals surface area contributed by atoms with E-state index in [0.29, 0.717) is 24.0 Å². The van der Waals surface area contributed by atoms with Gasteiger partial charge in [0.05, 0.1) is 0 Å². The van der Waals surface area contributed by atoms with Crippen molar-refractivity contribution in [3.8, 4) is 0 Å². The Morgan fingerprint density at radius 2 is 1.85 bits per heavy atom. The maximum absolute atomic E-state index is 12.0. The molecule has 0 unspecified atom stereocenters. The summed E-state index contributed by atoms with van der Waals surface area (Å²) < 4.78 is 0. The highest BCUT2D eigenvalue weighted by atomic mass is 16.1. The monoisotopic (exact) mass is 276 g/mol. The maximum atomic E-state index is 12.0. The number of carbonyl (C=O) groups excluding carboxylic acids is 1. The van der Waals surface area contributed by atoms with E-state index in [1.807, 2.05) is 6.92 Å². The molecule has 1 amide bonds. The molecule has 0 bridgehead atoms. The summed E-state index contributed by atoms with van der Waals surface area (Å²) in [5.41, 5.74) is 0.921. The van der Waals surface area contributed by atoms with Gasteiger partial charge in [0.15, 0.2) is 5.69 Å². The fourth-order valence-electron chi connectivity index (χ4n) is 2.86. The lowest BCUT2D eigenvalue weighted by atomic mass is 10.0. The number of nitrogens with one attached hydrogen (secondary N) is 2. The third-order valence-corrected chi connectivity index (χ3v) is 5.04. The second-order valence-electron chi connectivity index (χ2n) is 6.54. The van der Waals surface area contributed by atoms with E-state index >= 15 is 0 Å². The molecule has 5 nitrogen and oxygen atoms in total. The molecule has 2 N–H and O–H groups in total. The lowest BCUT2D eigenvalue weighted by Gasteiger charge is -2.06. The molecule has 5 heteroatoms. The van der Waals surface area contributed by atoms with Crippen molar-refractivity contribution < 1.29 is 4.79 Å². The van der Waals surface area contributed by atoms with E-state index in [1.54, 1.807) is 12.1 Å². The predicted octanol–water partition coefficient (Wildman–Crippen LogP) is 2.32. The minimum absolute atomic E-state index is 0.154. The van der Waals surface area contributed by atoms with Gasteiger partial charge >= 0.3 is 0 Å². The Labute approximate surface area is 120 Å². The molecule has 1 aromatic rings. The molecule has 20 heavy (non-hydrogen) atoms. The van der Waals surface area contributed by atoms with Crippen LogP contribution in [0.2, 0.25) is 0 Å². The smallest absolute Gasteiger partial charge is 0.271 e. The lowest BCUT2D eigenvalue weighted by molar-refractivity contribution is 0.0944. The SMILES string of the molecule is CCNc1ccc(C(=O)NCC2C(C)(C)C2(C)C)nn1. The lowest BCUT2D eigenvalue weighted by Crippen LogP contribution is -2.28. The standard InChI is InChI=1S/C15H24N4O/c1-6-16-12-8-7-10(18-19-12)13(20)17-9-11-14(2,3)15(11,4)5/h7-8,11H,6,9H2,1-5H3,(H,16,19)(H,17,20). The third kappa shape index (κ3) is 2.49. The molecule has 1 aromatic heterocycles. The first-order chi connectivity index (χ1) is 9.30. The first kappa shape index (κ1) is 14.8. The number of rotatable bonds is 5. The van der Waals surface area contributed by atoms with Crippen molar-refractivity contribution in [2.24, 2.45) is 16.7 Å². The third-order valence-electron chi connectivity index (χ3n) is 5.04. The highest BCUT2D eigenvalue weighted by Gasteiger charge is 2.64. The van der Waals surface area contributed by atoms with Crippen LogP contribution in [-0.2, 0) is 0 Å². The van der Waals surface area contributed by atoms with E-state index in [0.717, 1.165) is 6.54 Å². The van der Waals surface area contributed by atoms with Crippen molar-refractivity contribution in [1.82, 2.24) is 15.5 Å². The average Bonchev–Trinajstić information content (AvgIpc) is 2.78. The van der Waals surface area contributed by atoms with Crippen molar-refractivity contribution in [1.29, 1.82) is 0 Å². The van der Waals surface area contributed by atoms with Crippen LogP contribution in [0.25, 0.3) is 0 Å². The summed E-state index contributed by atoms with van der Waals surface area (Å²) in [6.07, 6.45) is 0. The molecule has 1 saturated carbocycles. The van der Waals surface area contributed by atoms with Gasteiger partial charge in [-0.25, -0.2) is 0 Å². The molecule has 0 saturated heterocycles. The fraction of sp³-hybridized carbons (Fsp3) is 0.667. The molecule has 0 aromatic carbocycles. The van der Waals surface area contributed by atoms with Gasteiger partial charge in [0.2, 0.25) is 0 Å². The van der Waals surface area contributed by atoms with Gasteiger partial charge in [-0.05, 0) is 35.8 Å². The molecular weight excluding hydrogens is 252 g/mol. The van der Waals surface area contributed by atoms with Gasteiger partial charge in [-0.1, -0.05) is 27.7 Å². The van der Waals surface area contributed by atoms with Crippen molar-refractivity contribution in [2.45, 2.75) is 34.6 Å². The number of anilines is 1. The van der Waals surface area contributed by atoms with Crippen molar-refractivity contribution in [2.75, 3.05) is 18.4 Å². The molecular formula is C15H24N4O. The number of aromatic nitrogens is 2. The predicted molar refractivity (Wildman–Crippen MR) is 79.6 cm³/mol. The summed E-state index contributed by atoms with van der Waals surface area (Å²) in [7, 11) is 0. The van der Waals surface area contributed by atoms with Gasteiger partial charge in [0, 0.05) is 13.1 Å². The Morgan fingerprint density at radius 1 is 1.20 bits per heavy atom. The van der Waals surface area contributed by atoms with Gasteiger partial charge in [0.1, 0.15) is 5.82 Å². The molecule has 1 heterocycles. The highest BCUT2D eigenvalue weighted by Crippen LogP contribution is 2.67. The van der Waals surface area contributed by atoms with Gasteiger partial charge in [-0.3, -0.25) is 4.79 Å². The Hall–Kier alpha value is -1.65. The first-order valence-corrected chi connectivity index (χ1v) is 7.16. The molecule has 2 rings (SSSR count). The van der Waals surface area contributed by atoms with Gasteiger partial charge in [0.25, 0.3) is 5.91 Å². The van der Waals surface area contributed by atoms with Crippen LogP contribution in [0, 0.1) is 16.7 Å². The van der Waals surface area contributed by atoms with Gasteiger partial charge < -0.3 is 10.6 Å². The van der Waals surface area contributed by atoms with Crippen LogP contribution in [0.3, 0.4) is 0 Å². The van der Waals surface area contributed by atoms with E-state index in [2.05, 4.69) is 48.5 Å². The molecule has 0 atom stereocenters. The molecule has 0 spiro atoms. The summed E-state index contributed by atoms with van der Waals surface area (Å²) in [6.45, 7) is 12.4. The largest absolute Gasteiger partial charge is 0.369 e. The Kier molecular flexibility index (Phi) is 3.71. The van der Waals surface area contributed by atoms with Crippen LogP contribution in [0.15, 0.2) is 12.1 Å². The molecule has 0 aliphatic heterocycles. The van der Waals surface area contributed by atoms with Crippen LogP contribution in [0.5, 0.6) is 0 Å². The summed E-state index contributed by atoms with van der Waals surface area (Å²) in [4.78, 5) is 12.0. The number of amides is 1. The number of carbonyl (C=O) groups is 1. The van der Waals surface area contributed by atoms with Gasteiger partial charge in [-0.2, -0.15) is 0 Å². The minimum Gasteiger partial charge on any atom is -0.369 e. The summed E-state index contributed by atoms with van der Waals surface area (Å²) in [5, 5.41) is 13.9. The van der Waals surface area contributed by atoms with Crippen LogP contribution in [-0.4, -0.2) is 29.2 Å². The van der Waals surface area contributed by atoms with Crippen molar-refractivity contribution in [3.63, 3.8) is 0 Å². The second-order valence-corrected chi connectivity index (χ2v) is 6.54. The van der Waals surface area contributed by atoms with Crippen LogP contribution < -0.4 is 10.6 Å². The first-order valence-electron chi connectivity index (χ1n) is 7.16. The van der Waals surface area contributed by atoms with E-state index < -0.39 is 0 Å². The minimum atomic E-state index is -0.154. The molecule has 110 valence electrons. The Balaban J connectivity index is 1.90. The van der Waals surface area contributed by atoms with E-state index in [9.17, 15) is 4.79 Å². The van der Waals surface area contributed by atoms with Crippen molar-refractivity contribution in [3.05, 3.63) is 17.8 Å². The molecule has 1 fully saturated rings. The Bertz CT molecular complexity index is 479. The Morgan fingerprint density at radius 3 is 2.30 bits per heavy atom. The molecule has 1 aliphatic carbocycles. The highest BCUT2D eigenvalue weighted by molar-refractivity contribution is 5.92. The average molecular weight is 276 g/mol. The second kappa shape index (κ2) is 5.04. The summed E-state index contributed by atoms with van der Waals surface area (Å²) in [6, 6.07) is 3.47. The zero-order valence-corrected chi connectivity index (χ0v) is 12.9. The zero-order chi connectivity index (χ0) is 15.0. The normalized spacial score (nSPS) is 19.4. The maximum Gasteiger partial charge on any atom is 0.271 e. The van der Waals surface area contributed by atoms with Crippen LogP contribution >= 0.6 is 0 Å². The summed E-state index contributed by atoms with van der Waals surface area (Å²) >= 11 is 0. The number of hydrogen-bond donors (Lipinski definition) is 2. The molecule has 1 aliphatic rings. The van der Waals surface area contributed by atoms with Crippen molar-refractivity contribution >= 4 is 11.7 Å². The number of hydrogen-bond acceptors (Lipinski definition) is 4. The topological polar surface area (TPSA) is 66.9 Å². The van der Waals surface area contributed by atoms with E-state index in [1.165, 1.54) is 0 Å². The number of nitrogens with zero attached hydrogens (tertiary/aromatic N) is 2. The van der Waals surface area contributed by atoms with Crippen LogP contribution in [0.4, 0.5) is 5.82 Å². The van der Waals surface area contributed by atoms with Gasteiger partial charge in [-0.15, -0.1) is 10.2 Å². The zero-order valence-electron chi connectivity index (χ0n) is 12.9.